The molecule has 0 unspecified atom stereocenters. The summed E-state index contributed by atoms with van der Waals surface area (Å²) >= 11 is 11.9. The van der Waals surface area contributed by atoms with Crippen molar-refractivity contribution in [3.05, 3.63) is 52.0 Å². The summed E-state index contributed by atoms with van der Waals surface area (Å²) in [6.45, 7) is 2.47. The van der Waals surface area contributed by atoms with Crippen molar-refractivity contribution < 1.29 is 14.3 Å². The first-order valence-electron chi connectivity index (χ1n) is 8.73. The second-order valence-electron chi connectivity index (χ2n) is 6.42. The number of rotatable bonds is 5. The number of aryl methyl sites for hydroxylation is 1. The molecule has 3 rings (SSSR count). The zero-order valence-corrected chi connectivity index (χ0v) is 16.4. The van der Waals surface area contributed by atoms with Crippen molar-refractivity contribution in [3.63, 3.8) is 0 Å². The van der Waals surface area contributed by atoms with E-state index < -0.39 is 0 Å². The van der Waals surface area contributed by atoms with Gasteiger partial charge in [-0.05, 0) is 55.7 Å². The van der Waals surface area contributed by atoms with Crippen LogP contribution in [0.15, 0.2) is 36.4 Å². The topological polar surface area (TPSA) is 58.6 Å². The van der Waals surface area contributed by atoms with E-state index in [9.17, 15) is 9.59 Å². The van der Waals surface area contributed by atoms with Crippen LogP contribution in [0.25, 0.3) is 0 Å². The molecule has 0 saturated carbocycles. The summed E-state index contributed by atoms with van der Waals surface area (Å²) in [4.78, 5) is 26.2. The maximum Gasteiger partial charge on any atom is 0.262 e. The SMILES string of the molecule is Cc1ccc(NC(=O)COc2ccc(Cl)cc2Cl)cc1N1CCCCC1=O. The molecule has 2 amide bonds. The fourth-order valence-corrected chi connectivity index (χ4v) is 3.43. The van der Waals surface area contributed by atoms with E-state index in [4.69, 9.17) is 27.9 Å². The standard InChI is InChI=1S/C20H20Cl2N2O3/c1-13-5-7-15(11-17(13)24-9-3-2-4-20(24)26)23-19(25)12-27-18-8-6-14(21)10-16(18)22/h5-8,10-11H,2-4,9,12H2,1H3,(H,23,25). The molecule has 1 aliphatic heterocycles. The number of carbonyl (C=O) groups excluding carboxylic acids is 2. The highest BCUT2D eigenvalue weighted by Crippen LogP contribution is 2.29. The van der Waals surface area contributed by atoms with Gasteiger partial charge in [0.25, 0.3) is 5.91 Å². The lowest BCUT2D eigenvalue weighted by Gasteiger charge is -2.28. The number of halogens is 2. The summed E-state index contributed by atoms with van der Waals surface area (Å²) < 4.78 is 5.45. The number of benzene rings is 2. The average Bonchev–Trinajstić information content (AvgIpc) is 2.63. The summed E-state index contributed by atoms with van der Waals surface area (Å²) in [5.41, 5.74) is 2.44. The highest BCUT2D eigenvalue weighted by molar-refractivity contribution is 6.35. The van der Waals surface area contributed by atoms with Crippen LogP contribution in [0.4, 0.5) is 11.4 Å². The molecule has 1 saturated heterocycles. The number of hydrogen-bond donors (Lipinski definition) is 1. The third-order valence-corrected chi connectivity index (χ3v) is 4.89. The fourth-order valence-electron chi connectivity index (χ4n) is 2.97. The number of piperidine rings is 1. The van der Waals surface area contributed by atoms with Crippen molar-refractivity contribution in [2.75, 3.05) is 23.4 Å². The van der Waals surface area contributed by atoms with Crippen molar-refractivity contribution in [3.8, 4) is 5.75 Å². The molecule has 142 valence electrons. The Kier molecular flexibility index (Phi) is 6.24. The van der Waals surface area contributed by atoms with Gasteiger partial charge in [0.15, 0.2) is 6.61 Å². The lowest BCUT2D eigenvalue weighted by atomic mass is 10.1. The highest BCUT2D eigenvalue weighted by Gasteiger charge is 2.21. The van der Waals surface area contributed by atoms with Gasteiger partial charge >= 0.3 is 0 Å². The van der Waals surface area contributed by atoms with Gasteiger partial charge in [-0.1, -0.05) is 29.3 Å². The zero-order chi connectivity index (χ0) is 19.4. The highest BCUT2D eigenvalue weighted by atomic mass is 35.5. The van der Waals surface area contributed by atoms with E-state index in [1.165, 1.54) is 0 Å². The molecule has 2 aromatic carbocycles. The fraction of sp³-hybridized carbons (Fsp3) is 0.300. The van der Waals surface area contributed by atoms with Crippen molar-refractivity contribution >= 4 is 46.4 Å². The monoisotopic (exact) mass is 406 g/mol. The van der Waals surface area contributed by atoms with Crippen LogP contribution < -0.4 is 15.0 Å². The number of carbonyl (C=O) groups is 2. The quantitative estimate of drug-likeness (QED) is 0.772. The second kappa shape index (κ2) is 8.63. The lowest BCUT2D eigenvalue weighted by molar-refractivity contribution is -0.119. The first-order chi connectivity index (χ1) is 12.9. The van der Waals surface area contributed by atoms with Crippen LogP contribution in [0.1, 0.15) is 24.8 Å². The van der Waals surface area contributed by atoms with E-state index >= 15 is 0 Å². The van der Waals surface area contributed by atoms with Crippen molar-refractivity contribution in [1.29, 1.82) is 0 Å². The van der Waals surface area contributed by atoms with E-state index in [0.29, 0.717) is 34.4 Å². The van der Waals surface area contributed by atoms with Crippen LogP contribution >= 0.6 is 23.2 Å². The molecule has 0 radical (unpaired) electrons. The molecule has 1 aliphatic rings. The van der Waals surface area contributed by atoms with Gasteiger partial charge in [-0.3, -0.25) is 9.59 Å². The molecule has 1 fully saturated rings. The number of nitrogens with zero attached hydrogens (tertiary/aromatic N) is 1. The van der Waals surface area contributed by atoms with Crippen LogP contribution in [0, 0.1) is 6.92 Å². The van der Waals surface area contributed by atoms with Gasteiger partial charge in [-0.2, -0.15) is 0 Å². The van der Waals surface area contributed by atoms with Gasteiger partial charge in [0, 0.05) is 29.4 Å². The van der Waals surface area contributed by atoms with E-state index in [1.54, 1.807) is 29.2 Å². The molecule has 0 atom stereocenters. The van der Waals surface area contributed by atoms with Crippen LogP contribution in [0.3, 0.4) is 0 Å². The summed E-state index contributed by atoms with van der Waals surface area (Å²) in [6, 6.07) is 10.3. The molecule has 0 aromatic heterocycles. The van der Waals surface area contributed by atoms with E-state index in [-0.39, 0.29) is 18.4 Å². The Bertz CT molecular complexity index is 870. The Labute approximate surface area is 168 Å². The molecule has 0 spiro atoms. The predicted octanol–water partition coefficient (Wildman–Crippen LogP) is 4.84. The summed E-state index contributed by atoms with van der Waals surface area (Å²) in [5, 5.41) is 3.63. The smallest absolute Gasteiger partial charge is 0.262 e. The first kappa shape index (κ1) is 19.5. The number of nitrogens with one attached hydrogen (secondary N) is 1. The summed E-state index contributed by atoms with van der Waals surface area (Å²) in [6.07, 6.45) is 2.47. The number of anilines is 2. The summed E-state index contributed by atoms with van der Waals surface area (Å²) in [7, 11) is 0. The molecular weight excluding hydrogens is 387 g/mol. The molecule has 5 nitrogen and oxygen atoms in total. The summed E-state index contributed by atoms with van der Waals surface area (Å²) in [5.74, 6) is 0.189. The maximum absolute atomic E-state index is 12.2. The van der Waals surface area contributed by atoms with Crippen LogP contribution in [0.2, 0.25) is 10.0 Å². The molecule has 2 aromatic rings. The Morgan fingerprint density at radius 3 is 2.74 bits per heavy atom. The molecule has 0 aliphatic carbocycles. The number of amides is 2. The molecule has 1 N–H and O–H groups in total. The molecule has 0 bridgehead atoms. The van der Waals surface area contributed by atoms with Gasteiger partial charge in [0.1, 0.15) is 5.75 Å². The normalized spacial score (nSPS) is 14.2. The molecular formula is C20H20Cl2N2O3. The predicted molar refractivity (Wildman–Crippen MR) is 108 cm³/mol. The van der Waals surface area contributed by atoms with Gasteiger partial charge in [-0.15, -0.1) is 0 Å². The van der Waals surface area contributed by atoms with Crippen LogP contribution in [-0.4, -0.2) is 25.0 Å². The number of hydrogen-bond acceptors (Lipinski definition) is 3. The van der Waals surface area contributed by atoms with Crippen LogP contribution in [-0.2, 0) is 9.59 Å². The third kappa shape index (κ3) is 4.93. The van der Waals surface area contributed by atoms with Crippen molar-refractivity contribution in [1.82, 2.24) is 0 Å². The largest absolute Gasteiger partial charge is 0.482 e. The Balaban J connectivity index is 1.65. The van der Waals surface area contributed by atoms with Crippen molar-refractivity contribution in [2.45, 2.75) is 26.2 Å². The average molecular weight is 407 g/mol. The Morgan fingerprint density at radius 1 is 1.19 bits per heavy atom. The van der Waals surface area contributed by atoms with E-state index in [1.807, 2.05) is 19.1 Å². The Hall–Kier alpha value is -2.24. The zero-order valence-electron chi connectivity index (χ0n) is 14.9. The van der Waals surface area contributed by atoms with Gasteiger partial charge < -0.3 is 15.0 Å². The van der Waals surface area contributed by atoms with Crippen LogP contribution in [0.5, 0.6) is 5.75 Å². The third-order valence-electron chi connectivity index (χ3n) is 4.36. The second-order valence-corrected chi connectivity index (χ2v) is 7.26. The van der Waals surface area contributed by atoms with Gasteiger partial charge in [0.2, 0.25) is 5.91 Å². The minimum atomic E-state index is -0.319. The first-order valence-corrected chi connectivity index (χ1v) is 9.48. The molecule has 7 heteroatoms. The maximum atomic E-state index is 12.2. The lowest BCUT2D eigenvalue weighted by Crippen LogP contribution is -2.35. The van der Waals surface area contributed by atoms with Crippen molar-refractivity contribution in [2.24, 2.45) is 0 Å². The minimum absolute atomic E-state index is 0.119. The minimum Gasteiger partial charge on any atom is -0.482 e. The number of ether oxygens (including phenoxy) is 1. The van der Waals surface area contributed by atoms with Gasteiger partial charge in [-0.25, -0.2) is 0 Å². The van der Waals surface area contributed by atoms with E-state index in [0.717, 1.165) is 24.1 Å². The molecule has 1 heterocycles. The Morgan fingerprint density at radius 2 is 2.00 bits per heavy atom. The van der Waals surface area contributed by atoms with Gasteiger partial charge in [0.05, 0.1) is 5.02 Å². The molecule has 27 heavy (non-hydrogen) atoms. The van der Waals surface area contributed by atoms with E-state index in [2.05, 4.69) is 5.32 Å².